The lowest BCUT2D eigenvalue weighted by Crippen LogP contribution is -1.98. The monoisotopic (exact) mass is 327 g/mol. The van der Waals surface area contributed by atoms with Gasteiger partial charge in [0.2, 0.25) is 0 Å². The van der Waals surface area contributed by atoms with E-state index in [9.17, 15) is 4.79 Å². The van der Waals surface area contributed by atoms with Gasteiger partial charge in [-0.2, -0.15) is 0 Å². The summed E-state index contributed by atoms with van der Waals surface area (Å²) in [7, 11) is 1.79. The number of benzene rings is 1. The highest BCUT2D eigenvalue weighted by molar-refractivity contribution is 9.10. The number of aryl methyl sites for hydroxylation is 1. The van der Waals surface area contributed by atoms with Gasteiger partial charge >= 0.3 is 5.97 Å². The zero-order chi connectivity index (χ0) is 13.1. The van der Waals surface area contributed by atoms with Crippen LogP contribution in [0.15, 0.2) is 33.8 Å². The van der Waals surface area contributed by atoms with Gasteiger partial charge in [-0.1, -0.05) is 21.1 Å². The number of thioether (sulfide) groups is 1. The number of hydrogen-bond donors (Lipinski definition) is 1. The smallest absolute Gasteiger partial charge is 0.336 e. The first-order valence-corrected chi connectivity index (χ1v) is 6.85. The summed E-state index contributed by atoms with van der Waals surface area (Å²) < 4.78 is 2.48. The van der Waals surface area contributed by atoms with Crippen LogP contribution in [0.4, 0.5) is 0 Å². The fourth-order valence-electron chi connectivity index (χ4n) is 1.41. The Balaban J connectivity index is 2.17. The number of carboxylic acids is 1. The van der Waals surface area contributed by atoms with Gasteiger partial charge in [0.25, 0.3) is 0 Å². The molecule has 2 aromatic rings. The molecule has 1 N–H and O–H groups in total. The lowest BCUT2D eigenvalue weighted by atomic mass is 10.2. The van der Waals surface area contributed by atoms with Gasteiger partial charge in [0, 0.05) is 28.4 Å². The molecule has 0 radical (unpaired) electrons. The van der Waals surface area contributed by atoms with E-state index in [1.54, 1.807) is 29.9 Å². The minimum Gasteiger partial charge on any atom is -0.478 e. The Bertz CT molecular complexity index is 585. The summed E-state index contributed by atoms with van der Waals surface area (Å²) in [4.78, 5) is 11.8. The number of rotatable bonds is 4. The van der Waals surface area contributed by atoms with Gasteiger partial charge in [-0.15, -0.1) is 16.9 Å². The molecule has 1 aromatic carbocycles. The highest BCUT2D eigenvalue weighted by atomic mass is 79.9. The van der Waals surface area contributed by atoms with Crippen LogP contribution in [0.3, 0.4) is 0 Å². The van der Waals surface area contributed by atoms with Crippen LogP contribution < -0.4 is 0 Å². The summed E-state index contributed by atoms with van der Waals surface area (Å²) in [5, 5.41) is 16.9. The van der Waals surface area contributed by atoms with Crippen molar-refractivity contribution in [2.24, 2.45) is 7.05 Å². The number of halogens is 1. The molecule has 7 heteroatoms. The molecular formula is C11H10BrN3O2S. The summed E-state index contributed by atoms with van der Waals surface area (Å²) in [6.07, 6.45) is 1.81. The largest absolute Gasteiger partial charge is 0.478 e. The summed E-state index contributed by atoms with van der Waals surface area (Å²) in [6.45, 7) is 0. The van der Waals surface area contributed by atoms with E-state index in [1.807, 2.05) is 6.20 Å². The van der Waals surface area contributed by atoms with Gasteiger partial charge in [0.05, 0.1) is 11.3 Å². The second-order valence-corrected chi connectivity index (χ2v) is 5.55. The van der Waals surface area contributed by atoms with E-state index >= 15 is 0 Å². The Morgan fingerprint density at radius 1 is 1.56 bits per heavy atom. The molecule has 0 fully saturated rings. The van der Waals surface area contributed by atoms with E-state index in [0.717, 1.165) is 10.2 Å². The summed E-state index contributed by atoms with van der Waals surface area (Å²) in [6, 6.07) is 5.10. The second kappa shape index (κ2) is 5.53. The van der Waals surface area contributed by atoms with Crippen LogP contribution in [-0.2, 0) is 12.8 Å². The zero-order valence-corrected chi connectivity index (χ0v) is 11.9. The van der Waals surface area contributed by atoms with Crippen molar-refractivity contribution in [3.63, 3.8) is 0 Å². The number of carbonyl (C=O) groups is 1. The first-order chi connectivity index (χ1) is 8.56. The average molecular weight is 328 g/mol. The van der Waals surface area contributed by atoms with E-state index in [4.69, 9.17) is 5.11 Å². The predicted molar refractivity (Wildman–Crippen MR) is 71.7 cm³/mol. The van der Waals surface area contributed by atoms with Crippen molar-refractivity contribution in [2.75, 3.05) is 0 Å². The van der Waals surface area contributed by atoms with Crippen LogP contribution in [0, 0.1) is 0 Å². The molecule has 1 aromatic heterocycles. The third-order valence-electron chi connectivity index (χ3n) is 2.20. The lowest BCUT2D eigenvalue weighted by molar-refractivity contribution is 0.0693. The van der Waals surface area contributed by atoms with Crippen LogP contribution in [0.1, 0.15) is 16.1 Å². The van der Waals surface area contributed by atoms with Crippen molar-refractivity contribution in [3.05, 3.63) is 40.1 Å². The Hall–Kier alpha value is -1.34. The molecule has 0 atom stereocenters. The normalized spacial score (nSPS) is 10.6. The molecule has 0 saturated carbocycles. The molecule has 94 valence electrons. The molecule has 0 aliphatic carbocycles. The molecule has 0 amide bonds. The minimum atomic E-state index is -0.927. The standard InChI is InChI=1S/C11H10BrN3O2S/c1-15-5-8(13-14-15)6-18-10-4-7(12)2-3-9(10)11(16)17/h2-5H,6H2,1H3,(H,16,17). The zero-order valence-electron chi connectivity index (χ0n) is 9.50. The van der Waals surface area contributed by atoms with Crippen molar-refractivity contribution in [3.8, 4) is 0 Å². The maximum Gasteiger partial charge on any atom is 0.336 e. The Kier molecular flexibility index (Phi) is 4.03. The second-order valence-electron chi connectivity index (χ2n) is 3.62. The Morgan fingerprint density at radius 2 is 2.33 bits per heavy atom. The Morgan fingerprint density at radius 3 is 2.94 bits per heavy atom. The molecule has 0 unspecified atom stereocenters. The molecular weight excluding hydrogens is 318 g/mol. The lowest BCUT2D eigenvalue weighted by Gasteiger charge is -2.05. The van der Waals surface area contributed by atoms with E-state index in [1.165, 1.54) is 11.8 Å². The van der Waals surface area contributed by atoms with Gasteiger partial charge in [0.1, 0.15) is 0 Å². The number of aromatic carboxylic acids is 1. The molecule has 0 bridgehead atoms. The van der Waals surface area contributed by atoms with E-state index < -0.39 is 5.97 Å². The molecule has 0 saturated heterocycles. The molecule has 0 aliphatic heterocycles. The van der Waals surface area contributed by atoms with Crippen molar-refractivity contribution in [2.45, 2.75) is 10.6 Å². The highest BCUT2D eigenvalue weighted by Gasteiger charge is 2.11. The molecule has 18 heavy (non-hydrogen) atoms. The number of carboxylic acid groups (broad SMARTS) is 1. The van der Waals surface area contributed by atoms with Crippen molar-refractivity contribution in [1.29, 1.82) is 0 Å². The molecule has 0 aliphatic rings. The van der Waals surface area contributed by atoms with Crippen molar-refractivity contribution in [1.82, 2.24) is 15.0 Å². The fourth-order valence-corrected chi connectivity index (χ4v) is 2.87. The van der Waals surface area contributed by atoms with Crippen LogP contribution in [0.25, 0.3) is 0 Å². The predicted octanol–water partition coefficient (Wildman–Crippen LogP) is 2.57. The summed E-state index contributed by atoms with van der Waals surface area (Å²) in [5.41, 5.74) is 1.12. The first-order valence-electron chi connectivity index (χ1n) is 5.07. The SMILES string of the molecule is Cn1cc(CSc2cc(Br)ccc2C(=O)O)nn1. The topological polar surface area (TPSA) is 68.0 Å². The van der Waals surface area contributed by atoms with E-state index in [2.05, 4.69) is 26.2 Å². The van der Waals surface area contributed by atoms with Gasteiger partial charge in [-0.3, -0.25) is 4.68 Å². The quantitative estimate of drug-likeness (QED) is 0.874. The van der Waals surface area contributed by atoms with Gasteiger partial charge in [-0.25, -0.2) is 4.79 Å². The van der Waals surface area contributed by atoms with Gasteiger partial charge in [-0.05, 0) is 18.2 Å². The fraction of sp³-hybridized carbons (Fsp3) is 0.182. The van der Waals surface area contributed by atoms with E-state index in [-0.39, 0.29) is 0 Å². The van der Waals surface area contributed by atoms with E-state index in [0.29, 0.717) is 16.2 Å². The Labute approximate surface area is 116 Å². The average Bonchev–Trinajstić information content (AvgIpc) is 2.72. The maximum absolute atomic E-state index is 11.1. The molecule has 5 nitrogen and oxygen atoms in total. The third kappa shape index (κ3) is 3.11. The minimum absolute atomic E-state index is 0.298. The highest BCUT2D eigenvalue weighted by Crippen LogP contribution is 2.28. The number of nitrogens with zero attached hydrogens (tertiary/aromatic N) is 3. The van der Waals surface area contributed by atoms with Crippen LogP contribution >= 0.6 is 27.7 Å². The number of hydrogen-bond acceptors (Lipinski definition) is 4. The van der Waals surface area contributed by atoms with Crippen molar-refractivity contribution >= 4 is 33.7 Å². The molecule has 1 heterocycles. The summed E-state index contributed by atoms with van der Waals surface area (Å²) >= 11 is 4.77. The van der Waals surface area contributed by atoms with Crippen LogP contribution in [0.2, 0.25) is 0 Å². The van der Waals surface area contributed by atoms with Gasteiger partial charge < -0.3 is 5.11 Å². The first kappa shape index (κ1) is 13.1. The maximum atomic E-state index is 11.1. The number of aromatic nitrogens is 3. The van der Waals surface area contributed by atoms with Gasteiger partial charge in [0.15, 0.2) is 0 Å². The summed E-state index contributed by atoms with van der Waals surface area (Å²) in [5.74, 6) is -0.339. The van der Waals surface area contributed by atoms with Crippen LogP contribution in [0.5, 0.6) is 0 Å². The molecule has 2 rings (SSSR count). The van der Waals surface area contributed by atoms with Crippen molar-refractivity contribution < 1.29 is 9.90 Å². The van der Waals surface area contributed by atoms with Crippen LogP contribution in [-0.4, -0.2) is 26.1 Å². The molecule has 0 spiro atoms. The third-order valence-corrected chi connectivity index (χ3v) is 3.78.